The Morgan fingerprint density at radius 1 is 1.36 bits per heavy atom. The second kappa shape index (κ2) is 7.91. The molecular formula is C18H34N6O. The number of nitrogens with one attached hydrogen (secondary N) is 2. The highest BCUT2D eigenvalue weighted by molar-refractivity contribution is 5.81. The molecule has 3 aliphatic rings. The molecule has 142 valence electrons. The van der Waals surface area contributed by atoms with E-state index in [4.69, 9.17) is 4.99 Å². The summed E-state index contributed by atoms with van der Waals surface area (Å²) in [5.41, 5.74) is 0.105. The van der Waals surface area contributed by atoms with E-state index in [1.54, 1.807) is 0 Å². The van der Waals surface area contributed by atoms with Gasteiger partial charge in [0.25, 0.3) is 0 Å². The van der Waals surface area contributed by atoms with Gasteiger partial charge in [0.15, 0.2) is 5.96 Å². The molecule has 7 nitrogen and oxygen atoms in total. The van der Waals surface area contributed by atoms with Crippen LogP contribution in [0.4, 0.5) is 0 Å². The van der Waals surface area contributed by atoms with Crippen molar-refractivity contribution in [1.29, 1.82) is 0 Å². The molecule has 2 N–H and O–H groups in total. The summed E-state index contributed by atoms with van der Waals surface area (Å²) in [6, 6.07) is 0.473. The highest BCUT2D eigenvalue weighted by Crippen LogP contribution is 2.36. The predicted octanol–water partition coefficient (Wildman–Crippen LogP) is -0.200. The third-order valence-electron chi connectivity index (χ3n) is 5.92. The highest BCUT2D eigenvalue weighted by atomic mass is 16.1. The molecule has 3 heterocycles. The molecule has 2 atom stereocenters. The molecule has 3 fully saturated rings. The lowest BCUT2D eigenvalue weighted by Crippen LogP contribution is -2.53. The topological polar surface area (TPSA) is 63.2 Å². The molecule has 3 aliphatic heterocycles. The number of nitrogens with zero attached hydrogens (tertiary/aromatic N) is 4. The second-order valence-corrected chi connectivity index (χ2v) is 8.07. The number of carbonyl (C=O) groups is 1. The van der Waals surface area contributed by atoms with Crippen LogP contribution in [-0.2, 0) is 4.79 Å². The van der Waals surface area contributed by atoms with E-state index in [0.717, 1.165) is 71.2 Å². The molecule has 2 unspecified atom stereocenters. The Balaban J connectivity index is 1.66. The van der Waals surface area contributed by atoms with E-state index < -0.39 is 0 Å². The van der Waals surface area contributed by atoms with Gasteiger partial charge >= 0.3 is 0 Å². The van der Waals surface area contributed by atoms with Crippen molar-refractivity contribution in [2.45, 2.75) is 32.2 Å². The SMILES string of the molecule is CCNC(=NCC1CN(C)CCN1C)N1CCCC2(CNC(=O)C2)C1. The summed E-state index contributed by atoms with van der Waals surface area (Å²) in [6.07, 6.45) is 2.93. The van der Waals surface area contributed by atoms with Gasteiger partial charge in [-0.25, -0.2) is 0 Å². The summed E-state index contributed by atoms with van der Waals surface area (Å²) in [4.78, 5) is 23.9. The van der Waals surface area contributed by atoms with Crippen molar-refractivity contribution in [3.8, 4) is 0 Å². The molecule has 0 aliphatic carbocycles. The highest BCUT2D eigenvalue weighted by Gasteiger charge is 2.42. The normalized spacial score (nSPS) is 32.3. The standard InChI is InChI=1S/C18H34N6O/c1-4-19-17(20-11-15-12-22(2)8-9-23(15)3)24-7-5-6-18(14-24)10-16(25)21-13-18/h15H,4-14H2,1-3H3,(H,19,20)(H,21,25). The van der Waals surface area contributed by atoms with Crippen LogP contribution >= 0.6 is 0 Å². The fourth-order valence-electron chi connectivity index (χ4n) is 4.35. The fraction of sp³-hybridized carbons (Fsp3) is 0.889. The monoisotopic (exact) mass is 350 g/mol. The number of guanidine groups is 1. The van der Waals surface area contributed by atoms with Crippen LogP contribution in [0, 0.1) is 5.41 Å². The zero-order valence-corrected chi connectivity index (χ0v) is 16.1. The Bertz CT molecular complexity index is 510. The van der Waals surface area contributed by atoms with Crippen LogP contribution in [0.3, 0.4) is 0 Å². The van der Waals surface area contributed by atoms with Crippen molar-refractivity contribution in [1.82, 2.24) is 25.3 Å². The van der Waals surface area contributed by atoms with E-state index in [2.05, 4.69) is 46.4 Å². The van der Waals surface area contributed by atoms with Gasteiger partial charge < -0.3 is 20.4 Å². The first-order valence-electron chi connectivity index (χ1n) is 9.70. The minimum atomic E-state index is 0.105. The summed E-state index contributed by atoms with van der Waals surface area (Å²) in [5, 5.41) is 6.50. The maximum Gasteiger partial charge on any atom is 0.220 e. The molecule has 0 saturated carbocycles. The molecule has 0 bridgehead atoms. The summed E-state index contributed by atoms with van der Waals surface area (Å²) in [7, 11) is 4.39. The molecular weight excluding hydrogens is 316 g/mol. The minimum absolute atomic E-state index is 0.105. The van der Waals surface area contributed by atoms with Crippen LogP contribution in [-0.4, -0.2) is 99.1 Å². The summed E-state index contributed by atoms with van der Waals surface area (Å²) < 4.78 is 0. The van der Waals surface area contributed by atoms with Crippen molar-refractivity contribution >= 4 is 11.9 Å². The quantitative estimate of drug-likeness (QED) is 0.545. The zero-order valence-electron chi connectivity index (χ0n) is 16.1. The van der Waals surface area contributed by atoms with Crippen molar-refractivity contribution in [2.75, 3.05) is 66.5 Å². The van der Waals surface area contributed by atoms with E-state index in [1.165, 1.54) is 0 Å². The zero-order chi connectivity index (χ0) is 17.9. The van der Waals surface area contributed by atoms with E-state index in [-0.39, 0.29) is 11.3 Å². The number of rotatable bonds is 3. The van der Waals surface area contributed by atoms with Crippen LogP contribution in [0.2, 0.25) is 0 Å². The van der Waals surface area contributed by atoms with E-state index in [0.29, 0.717) is 12.5 Å². The van der Waals surface area contributed by atoms with Crippen LogP contribution in [0.25, 0.3) is 0 Å². The molecule has 1 amide bonds. The number of amides is 1. The fourth-order valence-corrected chi connectivity index (χ4v) is 4.35. The second-order valence-electron chi connectivity index (χ2n) is 8.07. The molecule has 0 aromatic carbocycles. The van der Waals surface area contributed by atoms with Gasteiger partial charge in [0.05, 0.1) is 6.54 Å². The molecule has 0 aromatic rings. The van der Waals surface area contributed by atoms with Crippen molar-refractivity contribution in [3.63, 3.8) is 0 Å². The Labute approximate surface area is 151 Å². The first-order chi connectivity index (χ1) is 12.0. The Kier molecular flexibility index (Phi) is 5.84. The minimum Gasteiger partial charge on any atom is -0.357 e. The average molecular weight is 351 g/mol. The summed E-state index contributed by atoms with van der Waals surface area (Å²) in [6.45, 7) is 9.90. The van der Waals surface area contributed by atoms with Crippen LogP contribution < -0.4 is 10.6 Å². The van der Waals surface area contributed by atoms with Crippen molar-refractivity contribution in [2.24, 2.45) is 10.4 Å². The lowest BCUT2D eigenvalue weighted by Gasteiger charge is -2.41. The number of likely N-dealkylation sites (tertiary alicyclic amines) is 1. The van der Waals surface area contributed by atoms with E-state index in [9.17, 15) is 4.79 Å². The van der Waals surface area contributed by atoms with E-state index in [1.807, 2.05) is 0 Å². The van der Waals surface area contributed by atoms with E-state index >= 15 is 0 Å². The Hall–Kier alpha value is -1.34. The van der Waals surface area contributed by atoms with Gasteiger partial charge in [-0.2, -0.15) is 0 Å². The number of likely N-dealkylation sites (N-methyl/N-ethyl adjacent to an activating group) is 2. The first-order valence-corrected chi connectivity index (χ1v) is 9.70. The van der Waals surface area contributed by atoms with Crippen LogP contribution in [0.1, 0.15) is 26.2 Å². The molecule has 7 heteroatoms. The van der Waals surface area contributed by atoms with Crippen molar-refractivity contribution in [3.05, 3.63) is 0 Å². The summed E-state index contributed by atoms with van der Waals surface area (Å²) in [5.74, 6) is 1.22. The third kappa shape index (κ3) is 4.44. The molecule has 3 rings (SSSR count). The Morgan fingerprint density at radius 3 is 2.92 bits per heavy atom. The smallest absolute Gasteiger partial charge is 0.220 e. The first kappa shape index (κ1) is 18.5. The number of carbonyl (C=O) groups excluding carboxylic acids is 1. The number of piperidine rings is 1. The van der Waals surface area contributed by atoms with Crippen LogP contribution in [0.5, 0.6) is 0 Å². The van der Waals surface area contributed by atoms with Gasteiger partial charge in [-0.3, -0.25) is 14.7 Å². The van der Waals surface area contributed by atoms with Gasteiger partial charge in [0.2, 0.25) is 5.91 Å². The molecule has 25 heavy (non-hydrogen) atoms. The number of hydrogen-bond donors (Lipinski definition) is 2. The van der Waals surface area contributed by atoms with Gasteiger partial charge in [-0.05, 0) is 33.9 Å². The largest absolute Gasteiger partial charge is 0.357 e. The maximum atomic E-state index is 11.7. The van der Waals surface area contributed by atoms with Crippen molar-refractivity contribution < 1.29 is 4.79 Å². The molecule has 1 spiro atoms. The third-order valence-corrected chi connectivity index (χ3v) is 5.92. The maximum absolute atomic E-state index is 11.7. The van der Waals surface area contributed by atoms with Gasteiger partial charge in [-0.1, -0.05) is 0 Å². The molecule has 3 saturated heterocycles. The number of piperazine rings is 1. The lowest BCUT2D eigenvalue weighted by atomic mass is 9.79. The average Bonchev–Trinajstić information content (AvgIpc) is 2.94. The Morgan fingerprint density at radius 2 is 2.20 bits per heavy atom. The number of aliphatic imine (C=N–C) groups is 1. The lowest BCUT2D eigenvalue weighted by molar-refractivity contribution is -0.119. The van der Waals surface area contributed by atoms with Gasteiger partial charge in [0.1, 0.15) is 0 Å². The van der Waals surface area contributed by atoms with Crippen LogP contribution in [0.15, 0.2) is 4.99 Å². The molecule has 0 aromatic heterocycles. The van der Waals surface area contributed by atoms with Gasteiger partial charge in [0, 0.05) is 63.7 Å². The number of hydrogen-bond acceptors (Lipinski definition) is 4. The predicted molar refractivity (Wildman–Crippen MR) is 101 cm³/mol. The van der Waals surface area contributed by atoms with Gasteiger partial charge in [-0.15, -0.1) is 0 Å². The molecule has 0 radical (unpaired) electrons. The summed E-state index contributed by atoms with van der Waals surface area (Å²) >= 11 is 0.